The van der Waals surface area contributed by atoms with Gasteiger partial charge < -0.3 is 25.4 Å². The van der Waals surface area contributed by atoms with E-state index in [9.17, 15) is 14.3 Å². The Labute approximate surface area is 225 Å². The number of carbonyl (C=O) groups is 1. The highest BCUT2D eigenvalue weighted by Crippen LogP contribution is 2.42. The number of aliphatic hydroxyl groups is 1. The molecule has 1 aromatic rings. The maximum Gasteiger partial charge on any atom is 0.317 e. The molecule has 0 aromatic heterocycles. The first kappa shape index (κ1) is 30.1. The van der Waals surface area contributed by atoms with E-state index in [1.165, 1.54) is 38.2 Å². The maximum atomic E-state index is 15.2. The Balaban J connectivity index is 1.74. The van der Waals surface area contributed by atoms with E-state index in [2.05, 4.69) is 10.6 Å². The van der Waals surface area contributed by atoms with Gasteiger partial charge in [-0.3, -0.25) is 0 Å². The Morgan fingerprint density at radius 1 is 1.22 bits per heavy atom. The summed E-state index contributed by atoms with van der Waals surface area (Å²) in [5, 5.41) is 17.8. The van der Waals surface area contributed by atoms with E-state index in [4.69, 9.17) is 16.3 Å². The van der Waals surface area contributed by atoms with Crippen LogP contribution in [-0.2, 0) is 10.3 Å². The zero-order valence-electron chi connectivity index (χ0n) is 22.3. The number of unbranched alkanes of at least 4 members (excludes halogenated alkanes) is 1. The lowest BCUT2D eigenvalue weighted by molar-refractivity contribution is -0.0588. The van der Waals surface area contributed by atoms with Crippen molar-refractivity contribution in [3.63, 3.8) is 0 Å². The van der Waals surface area contributed by atoms with Gasteiger partial charge in [0.2, 0.25) is 0 Å². The van der Waals surface area contributed by atoms with Gasteiger partial charge in [0.25, 0.3) is 0 Å². The number of nitrogens with zero attached hydrogens (tertiary/aromatic N) is 1. The molecule has 2 amide bonds. The van der Waals surface area contributed by atoms with Crippen molar-refractivity contribution in [3.8, 4) is 0 Å². The van der Waals surface area contributed by atoms with E-state index in [1.807, 2.05) is 7.05 Å². The second-order valence-electron chi connectivity index (χ2n) is 10.8. The summed E-state index contributed by atoms with van der Waals surface area (Å²) in [4.78, 5) is 15.1. The van der Waals surface area contributed by atoms with Crippen LogP contribution in [0.2, 0.25) is 5.02 Å². The Morgan fingerprint density at radius 3 is 2.68 bits per heavy atom. The quantitative estimate of drug-likeness (QED) is 0.237. The fourth-order valence-corrected chi connectivity index (χ4v) is 6.31. The monoisotopic (exact) mass is 543 g/mol. The number of hydrogen-bond donors (Lipinski definition) is 3. The van der Waals surface area contributed by atoms with E-state index < -0.39 is 28.2 Å². The molecule has 1 aliphatic carbocycles. The van der Waals surface area contributed by atoms with E-state index in [-0.39, 0.29) is 30.6 Å². The molecule has 3 rings (SSSR count). The molecule has 1 saturated heterocycles. The minimum Gasteiger partial charge on any atom is -0.385 e. The van der Waals surface area contributed by atoms with Gasteiger partial charge in [0.1, 0.15) is 10.8 Å². The lowest BCUT2D eigenvalue weighted by atomic mass is 9.74. The predicted molar refractivity (Wildman–Crippen MR) is 143 cm³/mol. The summed E-state index contributed by atoms with van der Waals surface area (Å²) in [6.07, 6.45) is 10.0. The van der Waals surface area contributed by atoms with E-state index >= 15 is 4.39 Å². The van der Waals surface area contributed by atoms with Crippen LogP contribution < -0.4 is 10.6 Å². The van der Waals surface area contributed by atoms with Crippen LogP contribution in [0, 0.1) is 23.5 Å². The fourth-order valence-electron chi connectivity index (χ4n) is 6.14. The molecule has 1 unspecified atom stereocenters. The lowest BCUT2D eigenvalue weighted by Crippen LogP contribution is -2.54. The number of methoxy groups -OCH3 is 1. The van der Waals surface area contributed by atoms with E-state index in [1.54, 1.807) is 12.0 Å². The zero-order valence-corrected chi connectivity index (χ0v) is 23.1. The second-order valence-corrected chi connectivity index (χ2v) is 11.2. The molecule has 2 fully saturated rings. The van der Waals surface area contributed by atoms with Crippen molar-refractivity contribution in [2.45, 2.75) is 82.3 Å². The number of urea groups is 1. The number of amides is 2. The van der Waals surface area contributed by atoms with Crippen LogP contribution in [0.4, 0.5) is 13.6 Å². The van der Waals surface area contributed by atoms with Crippen LogP contribution in [0.5, 0.6) is 0 Å². The van der Waals surface area contributed by atoms with Gasteiger partial charge in [-0.1, -0.05) is 49.8 Å². The van der Waals surface area contributed by atoms with E-state index in [0.717, 1.165) is 12.5 Å². The van der Waals surface area contributed by atoms with Crippen LogP contribution in [-0.4, -0.2) is 62.5 Å². The van der Waals surface area contributed by atoms with Crippen molar-refractivity contribution in [2.75, 3.05) is 40.4 Å². The number of rotatable bonds is 12. The Kier molecular flexibility index (Phi) is 11.9. The molecule has 0 radical (unpaired) electrons. The molecule has 2 aliphatic rings. The van der Waals surface area contributed by atoms with Gasteiger partial charge in [-0.2, -0.15) is 0 Å². The Hall–Kier alpha value is -1.48. The Bertz CT molecular complexity index is 871. The molecule has 1 saturated carbocycles. The van der Waals surface area contributed by atoms with Crippen molar-refractivity contribution < 1.29 is 23.4 Å². The van der Waals surface area contributed by atoms with E-state index in [0.29, 0.717) is 51.3 Å². The number of likely N-dealkylation sites (N-methyl/N-ethyl adjacent to an activating group) is 1. The molecule has 3 atom stereocenters. The highest BCUT2D eigenvalue weighted by Gasteiger charge is 2.43. The first-order chi connectivity index (χ1) is 17.8. The highest BCUT2D eigenvalue weighted by molar-refractivity contribution is 6.31. The van der Waals surface area contributed by atoms with Gasteiger partial charge in [0.15, 0.2) is 5.82 Å². The molecular formula is C28H44ClF2N3O3. The van der Waals surface area contributed by atoms with Gasteiger partial charge in [-0.15, -0.1) is 0 Å². The topological polar surface area (TPSA) is 73.8 Å². The second kappa shape index (κ2) is 14.6. The molecule has 210 valence electrons. The summed E-state index contributed by atoms with van der Waals surface area (Å²) in [5.74, 6) is -1.57. The predicted octanol–water partition coefficient (Wildman–Crippen LogP) is 5.60. The number of hydrogen-bond acceptors (Lipinski definition) is 4. The molecule has 3 N–H and O–H groups in total. The van der Waals surface area contributed by atoms with Crippen molar-refractivity contribution in [1.82, 2.24) is 15.5 Å². The van der Waals surface area contributed by atoms with Crippen molar-refractivity contribution in [3.05, 3.63) is 34.4 Å². The highest BCUT2D eigenvalue weighted by atomic mass is 35.5. The summed E-state index contributed by atoms with van der Waals surface area (Å²) < 4.78 is 34.2. The summed E-state index contributed by atoms with van der Waals surface area (Å²) >= 11 is 5.90. The van der Waals surface area contributed by atoms with Gasteiger partial charge in [-0.25, -0.2) is 13.6 Å². The van der Waals surface area contributed by atoms with Crippen LogP contribution in [0.15, 0.2) is 12.1 Å². The van der Waals surface area contributed by atoms with Crippen molar-refractivity contribution in [1.29, 1.82) is 0 Å². The molecule has 37 heavy (non-hydrogen) atoms. The first-order valence-electron chi connectivity index (χ1n) is 13.9. The molecule has 6 nitrogen and oxygen atoms in total. The standard InChI is InChI=1S/C28H44ClF2N3O3/c1-32-18-22(17-20-9-4-3-5-10-20)33-27(35)34-15-8-11-21(19-34)28(36,14-6-7-16-37-2)23-12-13-24(30)25(29)26(23)31/h12-13,20-22,32,36H,3-11,14-19H2,1-2H3,(H,33,35)/t21-,22?,28+/m1/s1. The van der Waals surface area contributed by atoms with Crippen molar-refractivity contribution in [2.24, 2.45) is 11.8 Å². The smallest absolute Gasteiger partial charge is 0.317 e. The van der Waals surface area contributed by atoms with Crippen LogP contribution >= 0.6 is 11.6 Å². The molecular weight excluding hydrogens is 500 g/mol. The minimum absolute atomic E-state index is 0.00562. The molecule has 0 spiro atoms. The third-order valence-electron chi connectivity index (χ3n) is 8.16. The molecule has 1 aromatic carbocycles. The largest absolute Gasteiger partial charge is 0.385 e. The SMILES string of the molecule is CNCC(CC1CCCCC1)NC(=O)N1CCC[C@@H]([C@@](O)(CCCCOC)c2ccc(F)c(Cl)c2F)C1. The summed E-state index contributed by atoms with van der Waals surface area (Å²) in [6.45, 7) is 2.08. The normalized spacial score (nSPS) is 21.5. The third-order valence-corrected chi connectivity index (χ3v) is 8.51. The van der Waals surface area contributed by atoms with Gasteiger partial charge in [0.05, 0.1) is 5.60 Å². The third kappa shape index (κ3) is 8.01. The average molecular weight is 544 g/mol. The zero-order chi connectivity index (χ0) is 26.8. The maximum absolute atomic E-state index is 15.2. The average Bonchev–Trinajstić information content (AvgIpc) is 2.90. The number of piperidine rings is 1. The van der Waals surface area contributed by atoms with Crippen molar-refractivity contribution >= 4 is 17.6 Å². The summed E-state index contributed by atoms with van der Waals surface area (Å²) in [7, 11) is 3.50. The minimum atomic E-state index is -1.58. The Morgan fingerprint density at radius 2 is 1.97 bits per heavy atom. The lowest BCUT2D eigenvalue weighted by Gasteiger charge is -2.43. The summed E-state index contributed by atoms with van der Waals surface area (Å²) in [6, 6.07) is 2.27. The number of likely N-dealkylation sites (tertiary alicyclic amines) is 1. The molecule has 1 heterocycles. The summed E-state index contributed by atoms with van der Waals surface area (Å²) in [5.41, 5.74) is -1.59. The van der Waals surface area contributed by atoms with Gasteiger partial charge in [-0.05, 0) is 57.6 Å². The number of benzene rings is 1. The van der Waals surface area contributed by atoms with Crippen LogP contribution in [0.1, 0.15) is 76.2 Å². The van der Waals surface area contributed by atoms with Crippen LogP contribution in [0.3, 0.4) is 0 Å². The number of nitrogens with one attached hydrogen (secondary N) is 2. The van der Waals surface area contributed by atoms with Crippen LogP contribution in [0.25, 0.3) is 0 Å². The van der Waals surface area contributed by atoms with Gasteiger partial charge >= 0.3 is 6.03 Å². The first-order valence-corrected chi connectivity index (χ1v) is 14.2. The van der Waals surface area contributed by atoms with Gasteiger partial charge in [0, 0.05) is 50.9 Å². The number of ether oxygens (including phenoxy) is 1. The molecule has 1 aliphatic heterocycles. The molecule has 0 bridgehead atoms. The number of halogens is 3. The molecule has 9 heteroatoms. The number of carbonyl (C=O) groups excluding carboxylic acids is 1. The fraction of sp³-hybridized carbons (Fsp3) is 0.750.